The van der Waals surface area contributed by atoms with Crippen molar-refractivity contribution >= 4 is 25.9 Å². The van der Waals surface area contributed by atoms with Gasteiger partial charge in [-0.05, 0) is 45.3 Å². The number of epoxide rings is 1. The topological polar surface area (TPSA) is 31.0 Å². The van der Waals surface area contributed by atoms with Crippen LogP contribution in [0.15, 0.2) is 0 Å². The minimum absolute atomic E-state index is 0.480. The summed E-state index contributed by atoms with van der Waals surface area (Å²) in [6, 6.07) is 1.12. The molecule has 1 fully saturated rings. The van der Waals surface area contributed by atoms with Crippen molar-refractivity contribution in [3.8, 4) is 0 Å². The van der Waals surface area contributed by atoms with E-state index in [0.717, 1.165) is 12.7 Å². The molecule has 3 nitrogen and oxygen atoms in total. The van der Waals surface area contributed by atoms with Crippen LogP contribution >= 0.6 is 0 Å². The number of hydrogen-bond acceptors (Lipinski definition) is 3. The Kier molecular flexibility index (Phi) is 4.35. The standard InChI is InChI=1S/C9H23O3Si3/c1-13(11-14(2,3)4)12-15(5,6)8-9-7-10-9/h9H,7-8H2,1-6H3. The first kappa shape index (κ1) is 13.6. The molecule has 0 saturated carbocycles. The molecule has 1 aliphatic rings. The molecule has 0 bridgehead atoms. The van der Waals surface area contributed by atoms with Gasteiger partial charge in [0.05, 0.1) is 12.7 Å². The second-order valence-electron chi connectivity index (χ2n) is 5.73. The third-order valence-corrected chi connectivity index (χ3v) is 10.4. The molecule has 0 aromatic heterocycles. The second kappa shape index (κ2) is 4.80. The molecule has 0 N–H and O–H groups in total. The van der Waals surface area contributed by atoms with Gasteiger partial charge >= 0.3 is 9.28 Å². The zero-order chi connectivity index (χ0) is 11.7. The minimum atomic E-state index is -1.55. The quantitative estimate of drug-likeness (QED) is 0.545. The van der Waals surface area contributed by atoms with E-state index in [2.05, 4.69) is 39.3 Å². The van der Waals surface area contributed by atoms with Crippen molar-refractivity contribution in [1.29, 1.82) is 0 Å². The molecule has 1 unspecified atom stereocenters. The summed E-state index contributed by atoms with van der Waals surface area (Å²) < 4.78 is 17.4. The van der Waals surface area contributed by atoms with Crippen molar-refractivity contribution in [3.05, 3.63) is 0 Å². The fourth-order valence-electron chi connectivity index (χ4n) is 1.62. The predicted molar refractivity (Wildman–Crippen MR) is 69.2 cm³/mol. The largest absolute Gasteiger partial charge is 0.436 e. The maximum atomic E-state index is 6.14. The van der Waals surface area contributed by atoms with Crippen LogP contribution in [-0.2, 0) is 13.0 Å². The summed E-state index contributed by atoms with van der Waals surface area (Å²) in [5, 5.41) is 0. The van der Waals surface area contributed by atoms with Crippen molar-refractivity contribution in [2.24, 2.45) is 0 Å². The third-order valence-electron chi connectivity index (χ3n) is 1.99. The summed E-state index contributed by atoms with van der Waals surface area (Å²) in [4.78, 5) is 0. The van der Waals surface area contributed by atoms with E-state index in [1.165, 1.54) is 0 Å². The summed E-state index contributed by atoms with van der Waals surface area (Å²) in [5.41, 5.74) is 0. The van der Waals surface area contributed by atoms with Crippen molar-refractivity contribution in [1.82, 2.24) is 0 Å². The molecule has 0 aliphatic carbocycles. The van der Waals surface area contributed by atoms with Crippen molar-refractivity contribution in [2.45, 2.75) is 51.4 Å². The highest BCUT2D eigenvalue weighted by atomic mass is 28.4. The number of rotatable bonds is 6. The Morgan fingerprint density at radius 1 is 1.20 bits per heavy atom. The summed E-state index contributed by atoms with van der Waals surface area (Å²) in [6.45, 7) is 14.2. The van der Waals surface area contributed by atoms with Crippen LogP contribution < -0.4 is 0 Å². The lowest BCUT2D eigenvalue weighted by Crippen LogP contribution is -2.43. The van der Waals surface area contributed by atoms with Crippen molar-refractivity contribution in [2.75, 3.05) is 6.61 Å². The monoisotopic (exact) mass is 263 g/mol. The first-order valence-electron chi connectivity index (χ1n) is 5.51. The van der Waals surface area contributed by atoms with E-state index in [1.54, 1.807) is 0 Å². The van der Waals surface area contributed by atoms with Gasteiger partial charge in [-0.3, -0.25) is 0 Å². The van der Waals surface area contributed by atoms with Gasteiger partial charge in [-0.15, -0.1) is 0 Å². The lowest BCUT2D eigenvalue weighted by Gasteiger charge is -2.29. The van der Waals surface area contributed by atoms with E-state index in [4.69, 9.17) is 13.0 Å². The summed E-state index contributed by atoms with van der Waals surface area (Å²) >= 11 is 0. The van der Waals surface area contributed by atoms with Gasteiger partial charge in [-0.2, -0.15) is 0 Å². The fraction of sp³-hybridized carbons (Fsp3) is 1.00. The molecule has 0 aromatic carbocycles. The Hall–Kier alpha value is 0.531. The molecule has 1 heterocycles. The SMILES string of the molecule is C[Si](O[Si](C)(C)C)O[Si](C)(C)CC1CO1. The fourth-order valence-corrected chi connectivity index (χ4v) is 10.4. The average molecular weight is 264 g/mol. The predicted octanol–water partition coefficient (Wildman–Crippen LogP) is 2.58. The van der Waals surface area contributed by atoms with Crippen LogP contribution in [-0.4, -0.2) is 38.6 Å². The highest BCUT2D eigenvalue weighted by molar-refractivity contribution is 6.81. The van der Waals surface area contributed by atoms with Crippen LogP contribution in [0.1, 0.15) is 0 Å². The lowest BCUT2D eigenvalue weighted by molar-refractivity contribution is 0.398. The normalized spacial score (nSPS) is 22.2. The molecule has 1 saturated heterocycles. The van der Waals surface area contributed by atoms with E-state index < -0.39 is 25.9 Å². The van der Waals surface area contributed by atoms with Crippen molar-refractivity contribution in [3.63, 3.8) is 0 Å². The highest BCUT2D eigenvalue weighted by Crippen LogP contribution is 2.24. The Morgan fingerprint density at radius 3 is 2.13 bits per heavy atom. The van der Waals surface area contributed by atoms with Crippen LogP contribution in [0.5, 0.6) is 0 Å². The van der Waals surface area contributed by atoms with E-state index in [-0.39, 0.29) is 0 Å². The maximum absolute atomic E-state index is 6.14. The van der Waals surface area contributed by atoms with Gasteiger partial charge in [-0.1, -0.05) is 0 Å². The molecule has 0 amide bonds. The van der Waals surface area contributed by atoms with Crippen LogP contribution in [0.2, 0.25) is 45.3 Å². The van der Waals surface area contributed by atoms with Crippen LogP contribution in [0.25, 0.3) is 0 Å². The molecule has 0 spiro atoms. The molecule has 1 radical (unpaired) electrons. The van der Waals surface area contributed by atoms with Gasteiger partial charge in [-0.25, -0.2) is 0 Å². The van der Waals surface area contributed by atoms with E-state index in [9.17, 15) is 0 Å². The Balaban J connectivity index is 2.31. The molecule has 1 atom stereocenters. The lowest BCUT2D eigenvalue weighted by atomic mass is 10.6. The minimum Gasteiger partial charge on any atom is -0.436 e. The Labute approximate surface area is 97.2 Å². The molecule has 0 aromatic rings. The van der Waals surface area contributed by atoms with E-state index in [0.29, 0.717) is 6.10 Å². The zero-order valence-corrected chi connectivity index (χ0v) is 13.7. The smallest absolute Gasteiger partial charge is 0.359 e. The number of hydrogen-bond donors (Lipinski definition) is 0. The third kappa shape index (κ3) is 6.64. The molecule has 15 heavy (non-hydrogen) atoms. The summed E-state index contributed by atoms with van der Waals surface area (Å²) in [7, 11) is -4.04. The molecular formula is C9H23O3Si3. The molecule has 89 valence electrons. The zero-order valence-electron chi connectivity index (χ0n) is 10.7. The van der Waals surface area contributed by atoms with Gasteiger partial charge in [0.1, 0.15) is 0 Å². The van der Waals surface area contributed by atoms with Crippen LogP contribution in [0.3, 0.4) is 0 Å². The van der Waals surface area contributed by atoms with Gasteiger partial charge in [0.15, 0.2) is 16.6 Å². The molecule has 1 rings (SSSR count). The van der Waals surface area contributed by atoms with Crippen molar-refractivity contribution < 1.29 is 13.0 Å². The number of ether oxygens (including phenoxy) is 1. The van der Waals surface area contributed by atoms with Crippen LogP contribution in [0, 0.1) is 0 Å². The van der Waals surface area contributed by atoms with Gasteiger partial charge in [0, 0.05) is 0 Å². The van der Waals surface area contributed by atoms with Gasteiger partial charge in [0.25, 0.3) is 0 Å². The molecule has 1 aliphatic heterocycles. The van der Waals surface area contributed by atoms with Gasteiger partial charge < -0.3 is 13.0 Å². The Bertz CT molecular complexity index is 211. The first-order valence-corrected chi connectivity index (χ1v) is 13.9. The first-order chi connectivity index (χ1) is 6.68. The molecular weight excluding hydrogens is 240 g/mol. The van der Waals surface area contributed by atoms with Crippen LogP contribution in [0.4, 0.5) is 0 Å². The average Bonchev–Trinajstić information content (AvgIpc) is 2.62. The van der Waals surface area contributed by atoms with E-state index >= 15 is 0 Å². The van der Waals surface area contributed by atoms with E-state index in [1.807, 2.05) is 0 Å². The van der Waals surface area contributed by atoms with Gasteiger partial charge in [0.2, 0.25) is 0 Å². The highest BCUT2D eigenvalue weighted by Gasteiger charge is 2.36. The summed E-state index contributed by atoms with van der Waals surface area (Å²) in [5.74, 6) is 0. The maximum Gasteiger partial charge on any atom is 0.359 e. The second-order valence-corrected chi connectivity index (χ2v) is 16.5. The summed E-state index contributed by atoms with van der Waals surface area (Å²) in [6.07, 6.45) is 0.480. The molecule has 6 heteroatoms. The Morgan fingerprint density at radius 2 is 1.73 bits per heavy atom.